The van der Waals surface area contributed by atoms with E-state index in [2.05, 4.69) is 9.44 Å². The Morgan fingerprint density at radius 2 is 1.18 bits per heavy atom. The van der Waals surface area contributed by atoms with E-state index in [-0.39, 0.29) is 21.2 Å². The van der Waals surface area contributed by atoms with E-state index >= 15 is 0 Å². The van der Waals surface area contributed by atoms with Crippen LogP contribution in [-0.2, 0) is 20.0 Å². The first-order chi connectivity index (χ1) is 13.2. The third-order valence-corrected chi connectivity index (χ3v) is 6.29. The Morgan fingerprint density at radius 1 is 0.679 bits per heavy atom. The molecule has 0 heterocycles. The summed E-state index contributed by atoms with van der Waals surface area (Å²) in [5, 5.41) is 0. The van der Waals surface area contributed by atoms with Crippen molar-refractivity contribution in [3.8, 4) is 0 Å². The Balaban J connectivity index is 1.91. The SMILES string of the molecule is O=S(=O)([N-]c1ccccc1NS(=O)(=O)c1ccc(F)cc1)c1ccc(F)cc1. The molecule has 0 bridgehead atoms. The molecule has 0 fully saturated rings. The van der Waals surface area contributed by atoms with Crippen LogP contribution in [0.5, 0.6) is 0 Å². The monoisotopic (exact) mass is 423 g/mol. The molecule has 3 aromatic carbocycles. The fourth-order valence-electron chi connectivity index (χ4n) is 2.25. The van der Waals surface area contributed by atoms with Crippen LogP contribution in [-0.4, -0.2) is 16.8 Å². The van der Waals surface area contributed by atoms with Gasteiger partial charge in [-0.05, 0) is 54.6 Å². The minimum atomic E-state index is -4.20. The largest absolute Gasteiger partial charge is 0.571 e. The maximum atomic E-state index is 13.0. The van der Waals surface area contributed by atoms with Crippen molar-refractivity contribution in [3.05, 3.63) is 89.2 Å². The third-order valence-electron chi connectivity index (χ3n) is 3.60. The zero-order valence-corrected chi connectivity index (χ0v) is 15.7. The number of nitrogens with zero attached hydrogens (tertiary/aromatic N) is 1. The molecule has 0 saturated carbocycles. The number of benzene rings is 3. The number of rotatable bonds is 6. The van der Waals surface area contributed by atoms with Crippen LogP contribution in [0, 0.1) is 11.6 Å². The number of para-hydroxylation sites is 1. The number of nitrogens with one attached hydrogen (secondary N) is 1. The van der Waals surface area contributed by atoms with Crippen LogP contribution in [0.3, 0.4) is 0 Å². The van der Waals surface area contributed by atoms with Gasteiger partial charge in [-0.25, -0.2) is 25.6 Å². The summed E-state index contributed by atoms with van der Waals surface area (Å²) in [6, 6.07) is 13.8. The minimum absolute atomic E-state index is 0.0856. The number of halogens is 2. The van der Waals surface area contributed by atoms with E-state index < -0.39 is 31.7 Å². The summed E-state index contributed by atoms with van der Waals surface area (Å²) in [5.41, 5.74) is -0.241. The molecule has 146 valence electrons. The Hall–Kier alpha value is -2.98. The Morgan fingerprint density at radius 3 is 1.75 bits per heavy atom. The molecule has 28 heavy (non-hydrogen) atoms. The molecule has 0 aliphatic carbocycles. The lowest BCUT2D eigenvalue weighted by Gasteiger charge is -2.25. The van der Waals surface area contributed by atoms with E-state index in [9.17, 15) is 25.6 Å². The first-order valence-corrected chi connectivity index (χ1v) is 10.7. The van der Waals surface area contributed by atoms with Crippen molar-refractivity contribution in [2.75, 3.05) is 4.72 Å². The Bertz CT molecular complexity index is 1100. The summed E-state index contributed by atoms with van der Waals surface area (Å²) in [7, 11) is -8.30. The maximum absolute atomic E-state index is 13.0. The van der Waals surface area contributed by atoms with E-state index in [1.54, 1.807) is 0 Å². The van der Waals surface area contributed by atoms with Gasteiger partial charge in [0.25, 0.3) is 10.0 Å². The standard InChI is InChI=1S/C18H13F2N2O4S2/c19-13-5-9-15(10-6-13)27(23,24)21-17-3-1-2-4-18(17)22-28(25,26)16-11-7-14(20)8-12-16/h1-12,21H/q-1. The van der Waals surface area contributed by atoms with Gasteiger partial charge in [-0.3, -0.25) is 4.72 Å². The number of anilines is 1. The molecule has 0 aromatic heterocycles. The van der Waals surface area contributed by atoms with E-state index in [0.717, 1.165) is 48.5 Å². The second kappa shape index (κ2) is 7.56. The van der Waals surface area contributed by atoms with Gasteiger partial charge in [-0.15, -0.1) is 5.69 Å². The molecular formula is C18H13F2N2O4S2-. The van der Waals surface area contributed by atoms with Crippen molar-refractivity contribution in [1.82, 2.24) is 0 Å². The molecule has 0 spiro atoms. The molecule has 0 saturated heterocycles. The molecule has 0 atom stereocenters. The maximum Gasteiger partial charge on any atom is 0.261 e. The molecule has 0 amide bonds. The van der Waals surface area contributed by atoms with Crippen LogP contribution in [0.25, 0.3) is 4.72 Å². The zero-order chi connectivity index (χ0) is 20.4. The van der Waals surface area contributed by atoms with Crippen LogP contribution in [0.1, 0.15) is 0 Å². The molecule has 10 heteroatoms. The molecule has 6 nitrogen and oxygen atoms in total. The van der Waals surface area contributed by atoms with Gasteiger partial charge in [-0.2, -0.15) is 0 Å². The van der Waals surface area contributed by atoms with Gasteiger partial charge >= 0.3 is 0 Å². The van der Waals surface area contributed by atoms with Gasteiger partial charge < -0.3 is 4.72 Å². The normalized spacial score (nSPS) is 11.8. The lowest BCUT2D eigenvalue weighted by atomic mass is 10.3. The number of hydrogen-bond donors (Lipinski definition) is 1. The Labute approximate surface area is 160 Å². The highest BCUT2D eigenvalue weighted by Gasteiger charge is 2.15. The summed E-state index contributed by atoms with van der Waals surface area (Å²) >= 11 is 0. The van der Waals surface area contributed by atoms with Gasteiger partial charge in [0.2, 0.25) is 0 Å². The topological polar surface area (TPSA) is 94.4 Å². The summed E-state index contributed by atoms with van der Waals surface area (Å²) in [4.78, 5) is -0.449. The first-order valence-electron chi connectivity index (χ1n) is 7.78. The van der Waals surface area contributed by atoms with Gasteiger partial charge in [0, 0.05) is 5.69 Å². The second-order valence-electron chi connectivity index (χ2n) is 5.60. The average molecular weight is 423 g/mol. The highest BCUT2D eigenvalue weighted by Crippen LogP contribution is 2.35. The van der Waals surface area contributed by atoms with Crippen molar-refractivity contribution in [2.24, 2.45) is 0 Å². The van der Waals surface area contributed by atoms with Crippen LogP contribution in [0.15, 0.2) is 82.6 Å². The molecule has 1 N–H and O–H groups in total. The second-order valence-corrected chi connectivity index (χ2v) is 8.88. The molecule has 0 aliphatic heterocycles. The number of sulfonamides is 2. The zero-order valence-electron chi connectivity index (χ0n) is 14.1. The molecular weight excluding hydrogens is 410 g/mol. The molecule has 0 radical (unpaired) electrons. The van der Waals surface area contributed by atoms with Crippen molar-refractivity contribution < 1.29 is 25.6 Å². The van der Waals surface area contributed by atoms with Gasteiger partial charge in [0.1, 0.15) is 21.7 Å². The highest BCUT2D eigenvalue weighted by atomic mass is 32.2. The van der Waals surface area contributed by atoms with Crippen LogP contribution in [0.4, 0.5) is 20.2 Å². The molecule has 3 rings (SSSR count). The highest BCUT2D eigenvalue weighted by molar-refractivity contribution is 7.94. The number of hydrogen-bond acceptors (Lipinski definition) is 4. The molecule has 3 aromatic rings. The quantitative estimate of drug-likeness (QED) is 0.644. The lowest BCUT2D eigenvalue weighted by Crippen LogP contribution is -2.13. The van der Waals surface area contributed by atoms with Crippen LogP contribution in [0.2, 0.25) is 0 Å². The summed E-state index contributed by atoms with van der Waals surface area (Å²) < 4.78 is 81.7. The van der Waals surface area contributed by atoms with Crippen molar-refractivity contribution in [3.63, 3.8) is 0 Å². The fourth-order valence-corrected chi connectivity index (χ4v) is 4.32. The van der Waals surface area contributed by atoms with E-state index in [0.29, 0.717) is 0 Å². The average Bonchev–Trinajstić information content (AvgIpc) is 2.64. The summed E-state index contributed by atoms with van der Waals surface area (Å²) in [6.07, 6.45) is 0. The van der Waals surface area contributed by atoms with Crippen molar-refractivity contribution in [1.29, 1.82) is 0 Å². The Kier molecular flexibility index (Phi) is 5.34. The minimum Gasteiger partial charge on any atom is -0.571 e. The predicted molar refractivity (Wildman–Crippen MR) is 100 cm³/mol. The van der Waals surface area contributed by atoms with Crippen LogP contribution < -0.4 is 4.72 Å². The first kappa shape index (κ1) is 19.8. The summed E-state index contributed by atoms with van der Waals surface area (Å²) in [6.45, 7) is 0. The van der Waals surface area contributed by atoms with Crippen LogP contribution >= 0.6 is 0 Å². The van der Waals surface area contributed by atoms with E-state index in [1.807, 2.05) is 0 Å². The predicted octanol–water partition coefficient (Wildman–Crippen LogP) is 4.16. The third kappa shape index (κ3) is 4.46. The fraction of sp³-hybridized carbons (Fsp3) is 0. The van der Waals surface area contributed by atoms with Gasteiger partial charge in [0.05, 0.1) is 9.79 Å². The lowest BCUT2D eigenvalue weighted by molar-refractivity contribution is 0.598. The van der Waals surface area contributed by atoms with Crippen molar-refractivity contribution >= 4 is 31.4 Å². The van der Waals surface area contributed by atoms with Crippen molar-refractivity contribution in [2.45, 2.75) is 9.79 Å². The van der Waals surface area contributed by atoms with E-state index in [1.165, 1.54) is 24.3 Å². The molecule has 0 aliphatic rings. The van der Waals surface area contributed by atoms with E-state index in [4.69, 9.17) is 0 Å². The molecule has 0 unspecified atom stereocenters. The van der Waals surface area contributed by atoms with Gasteiger partial charge in [0.15, 0.2) is 0 Å². The summed E-state index contributed by atoms with van der Waals surface area (Å²) in [5.74, 6) is -1.20. The smallest absolute Gasteiger partial charge is 0.261 e. The van der Waals surface area contributed by atoms with Gasteiger partial charge in [-0.1, -0.05) is 18.2 Å².